The molecule has 0 aliphatic carbocycles. The number of benzene rings is 2. The van der Waals surface area contributed by atoms with E-state index in [0.717, 1.165) is 12.1 Å². The molecule has 0 saturated heterocycles. The zero-order valence-corrected chi connectivity index (χ0v) is 20.0. The number of aliphatic carboxylic acids is 1. The maximum absolute atomic E-state index is 12.9. The van der Waals surface area contributed by atoms with Crippen molar-refractivity contribution in [1.29, 1.82) is 0 Å². The van der Waals surface area contributed by atoms with E-state index in [4.69, 9.17) is 9.47 Å². The van der Waals surface area contributed by atoms with Gasteiger partial charge in [0.2, 0.25) is 0 Å². The highest BCUT2D eigenvalue weighted by atomic mass is 19.4. The first kappa shape index (κ1) is 25.9. The summed E-state index contributed by atoms with van der Waals surface area (Å²) in [4.78, 5) is 13.2. The molecular formula is C25H28F3N3O4. The van der Waals surface area contributed by atoms with Crippen molar-refractivity contribution in [2.24, 2.45) is 5.10 Å². The highest BCUT2D eigenvalue weighted by Gasteiger charge is 2.34. The molecule has 7 nitrogen and oxygen atoms in total. The number of carboxylic acids is 1. The van der Waals surface area contributed by atoms with E-state index < -0.39 is 23.3 Å². The summed E-state index contributed by atoms with van der Waals surface area (Å²) >= 11 is 0. The van der Waals surface area contributed by atoms with Crippen molar-refractivity contribution in [1.82, 2.24) is 9.91 Å². The summed E-state index contributed by atoms with van der Waals surface area (Å²) in [7, 11) is 1.80. The topological polar surface area (TPSA) is 74.6 Å². The van der Waals surface area contributed by atoms with Gasteiger partial charge in [-0.1, -0.05) is 18.2 Å². The zero-order valence-electron chi connectivity index (χ0n) is 20.0. The molecule has 35 heavy (non-hydrogen) atoms. The van der Waals surface area contributed by atoms with Gasteiger partial charge >= 0.3 is 12.1 Å². The summed E-state index contributed by atoms with van der Waals surface area (Å²) in [6.45, 7) is 9.10. The van der Waals surface area contributed by atoms with Crippen LogP contribution in [0.5, 0.6) is 11.5 Å². The van der Waals surface area contributed by atoms with Crippen LogP contribution in [-0.2, 0) is 11.0 Å². The molecule has 0 spiro atoms. The third kappa shape index (κ3) is 5.87. The van der Waals surface area contributed by atoms with Gasteiger partial charge in [0.15, 0.2) is 17.6 Å². The Morgan fingerprint density at radius 2 is 1.86 bits per heavy atom. The van der Waals surface area contributed by atoms with E-state index in [9.17, 15) is 23.1 Å². The average molecular weight is 492 g/mol. The van der Waals surface area contributed by atoms with Gasteiger partial charge in [-0.2, -0.15) is 18.3 Å². The number of hydrazone groups is 1. The van der Waals surface area contributed by atoms with Crippen LogP contribution in [-0.4, -0.2) is 58.8 Å². The number of halogens is 3. The van der Waals surface area contributed by atoms with E-state index >= 15 is 0 Å². The van der Waals surface area contributed by atoms with Gasteiger partial charge in [0.1, 0.15) is 18.1 Å². The lowest BCUT2D eigenvalue weighted by molar-refractivity contribution is -0.152. The van der Waals surface area contributed by atoms with Crippen molar-refractivity contribution < 1.29 is 32.5 Å². The third-order valence-electron chi connectivity index (χ3n) is 5.56. The SMILES string of the molecule is C=CCN1N=C(c2ccc(C(F)(F)F)cc2)N(C)C1COc1ccc(OC(C)(C)C(=O)O)c(C)c1. The minimum Gasteiger partial charge on any atom is -0.489 e. The monoisotopic (exact) mass is 491 g/mol. The fraction of sp³-hybridized carbons (Fsp3) is 0.360. The molecule has 0 aromatic heterocycles. The summed E-state index contributed by atoms with van der Waals surface area (Å²) in [6, 6.07) is 9.95. The van der Waals surface area contributed by atoms with E-state index in [-0.39, 0.29) is 12.8 Å². The molecule has 1 aliphatic heterocycles. The van der Waals surface area contributed by atoms with Crippen LogP contribution in [0.15, 0.2) is 60.2 Å². The first-order chi connectivity index (χ1) is 16.3. The summed E-state index contributed by atoms with van der Waals surface area (Å²) in [5, 5.41) is 15.6. The maximum atomic E-state index is 12.9. The van der Waals surface area contributed by atoms with Gasteiger partial charge in [0.25, 0.3) is 0 Å². The lowest BCUT2D eigenvalue weighted by Gasteiger charge is -2.28. The second kappa shape index (κ2) is 9.89. The molecule has 10 heteroatoms. The Kier molecular flexibility index (Phi) is 7.33. The second-order valence-corrected chi connectivity index (χ2v) is 8.66. The number of rotatable bonds is 9. The Morgan fingerprint density at radius 1 is 1.20 bits per heavy atom. The number of carbonyl (C=O) groups is 1. The Balaban J connectivity index is 1.73. The minimum absolute atomic E-state index is 0.207. The molecule has 1 heterocycles. The first-order valence-electron chi connectivity index (χ1n) is 10.9. The van der Waals surface area contributed by atoms with Crippen LogP contribution in [0.2, 0.25) is 0 Å². The van der Waals surface area contributed by atoms with Crippen molar-refractivity contribution >= 4 is 11.8 Å². The van der Waals surface area contributed by atoms with E-state index in [0.29, 0.717) is 35.0 Å². The molecule has 0 fully saturated rings. The van der Waals surface area contributed by atoms with Crippen LogP contribution in [0.25, 0.3) is 0 Å². The quantitative estimate of drug-likeness (QED) is 0.510. The number of hydrogen-bond donors (Lipinski definition) is 1. The Bertz CT molecular complexity index is 1110. The van der Waals surface area contributed by atoms with Gasteiger partial charge < -0.3 is 19.5 Å². The number of likely N-dealkylation sites (N-methyl/N-ethyl adjacent to an activating group) is 1. The minimum atomic E-state index is -4.41. The Hall–Kier alpha value is -3.69. The molecule has 1 aliphatic rings. The molecule has 2 aromatic carbocycles. The van der Waals surface area contributed by atoms with Gasteiger partial charge in [-0.15, -0.1) is 6.58 Å². The number of alkyl halides is 3. The van der Waals surface area contributed by atoms with Gasteiger partial charge in [0.05, 0.1) is 12.1 Å². The molecule has 0 bridgehead atoms. The number of carboxylic acid groups (broad SMARTS) is 1. The van der Waals surface area contributed by atoms with Crippen molar-refractivity contribution in [2.45, 2.75) is 38.7 Å². The molecular weight excluding hydrogens is 463 g/mol. The van der Waals surface area contributed by atoms with Crippen LogP contribution < -0.4 is 9.47 Å². The fourth-order valence-electron chi connectivity index (χ4n) is 3.48. The van der Waals surface area contributed by atoms with E-state index in [2.05, 4.69) is 11.7 Å². The summed E-state index contributed by atoms with van der Waals surface area (Å²) in [6.07, 6.45) is -3.05. The largest absolute Gasteiger partial charge is 0.489 e. The number of amidine groups is 1. The lowest BCUT2D eigenvalue weighted by atomic mass is 10.1. The van der Waals surface area contributed by atoms with Gasteiger partial charge in [0, 0.05) is 12.6 Å². The average Bonchev–Trinajstić information content (AvgIpc) is 3.08. The highest BCUT2D eigenvalue weighted by Crippen LogP contribution is 2.31. The highest BCUT2D eigenvalue weighted by molar-refractivity contribution is 5.99. The fourth-order valence-corrected chi connectivity index (χ4v) is 3.48. The third-order valence-corrected chi connectivity index (χ3v) is 5.56. The summed E-state index contributed by atoms with van der Waals surface area (Å²) in [5.74, 6) is 0.430. The van der Waals surface area contributed by atoms with E-state index in [1.165, 1.54) is 26.0 Å². The van der Waals surface area contributed by atoms with Crippen molar-refractivity contribution in [3.8, 4) is 11.5 Å². The summed E-state index contributed by atoms with van der Waals surface area (Å²) < 4.78 is 50.4. The van der Waals surface area contributed by atoms with Crippen LogP contribution in [0.1, 0.15) is 30.5 Å². The number of ether oxygens (including phenoxy) is 2. The second-order valence-electron chi connectivity index (χ2n) is 8.66. The summed E-state index contributed by atoms with van der Waals surface area (Å²) in [5.41, 5.74) is -0.840. The Labute approximate surface area is 202 Å². The van der Waals surface area contributed by atoms with Gasteiger partial charge in [-0.3, -0.25) is 5.01 Å². The first-order valence-corrected chi connectivity index (χ1v) is 10.9. The molecule has 188 valence electrons. The molecule has 2 aromatic rings. The lowest BCUT2D eigenvalue weighted by Crippen LogP contribution is -2.44. The van der Waals surface area contributed by atoms with Crippen LogP contribution in [0, 0.1) is 6.92 Å². The predicted octanol–water partition coefficient (Wildman–Crippen LogP) is 4.76. The molecule has 3 rings (SSSR count). The Morgan fingerprint density at radius 3 is 2.40 bits per heavy atom. The van der Waals surface area contributed by atoms with Crippen LogP contribution in [0.4, 0.5) is 13.2 Å². The molecule has 1 unspecified atom stereocenters. The molecule has 0 amide bonds. The van der Waals surface area contributed by atoms with E-state index in [1.54, 1.807) is 43.3 Å². The molecule has 1 N–H and O–H groups in total. The molecule has 0 saturated carbocycles. The normalized spacial score (nSPS) is 16.2. The standard InChI is InChI=1S/C25H28F3N3O4/c1-6-13-31-21(30(5)22(29-31)17-7-9-18(10-8-17)25(26,27)28)15-34-19-11-12-20(16(2)14-19)35-24(3,4)23(32)33/h6-12,14,21H,1,13,15H2,2-5H3,(H,32,33). The van der Waals surface area contributed by atoms with E-state index in [1.807, 2.05) is 4.90 Å². The number of hydrogen-bond acceptors (Lipinski definition) is 6. The van der Waals surface area contributed by atoms with Crippen molar-refractivity contribution in [3.63, 3.8) is 0 Å². The number of nitrogens with zero attached hydrogens (tertiary/aromatic N) is 3. The van der Waals surface area contributed by atoms with Crippen LogP contribution in [0.3, 0.4) is 0 Å². The smallest absolute Gasteiger partial charge is 0.416 e. The molecule has 0 radical (unpaired) electrons. The van der Waals surface area contributed by atoms with Crippen molar-refractivity contribution in [2.75, 3.05) is 20.2 Å². The van der Waals surface area contributed by atoms with Gasteiger partial charge in [-0.05, 0) is 56.7 Å². The zero-order chi connectivity index (χ0) is 26.0. The maximum Gasteiger partial charge on any atom is 0.416 e. The van der Waals surface area contributed by atoms with Gasteiger partial charge in [-0.25, -0.2) is 4.79 Å². The molecule has 1 atom stereocenters. The van der Waals surface area contributed by atoms with Crippen LogP contribution >= 0.6 is 0 Å². The van der Waals surface area contributed by atoms with Crippen molar-refractivity contribution in [3.05, 3.63) is 71.8 Å². The predicted molar refractivity (Wildman–Crippen MR) is 125 cm³/mol. The number of aryl methyl sites for hydroxylation is 1.